The molecule has 0 saturated heterocycles. The quantitative estimate of drug-likeness (QED) is 0.296. The second kappa shape index (κ2) is 9.80. The second-order valence-corrected chi connectivity index (χ2v) is 7.23. The van der Waals surface area contributed by atoms with Crippen LogP contribution in [0, 0.1) is 0 Å². The van der Waals surface area contributed by atoms with Crippen LogP contribution in [0.4, 0.5) is 0 Å². The number of hydrogen-bond acceptors (Lipinski definition) is 1. The van der Waals surface area contributed by atoms with E-state index >= 15 is 0 Å². The molecule has 2 heteroatoms. The van der Waals surface area contributed by atoms with Crippen LogP contribution in [0.5, 0.6) is 5.75 Å². The van der Waals surface area contributed by atoms with Crippen LogP contribution in [0.15, 0.2) is 109 Å². The van der Waals surface area contributed by atoms with Gasteiger partial charge in [0.25, 0.3) is 0 Å². The summed E-state index contributed by atoms with van der Waals surface area (Å²) in [7, 11) is 0. The minimum Gasteiger partial charge on any atom is -0.492 e. The van der Waals surface area contributed by atoms with Crippen LogP contribution in [0.2, 0.25) is 0 Å². The molecule has 0 unspecified atom stereocenters. The van der Waals surface area contributed by atoms with Crippen LogP contribution in [0.3, 0.4) is 0 Å². The van der Waals surface area contributed by atoms with Crippen molar-refractivity contribution in [2.45, 2.75) is 19.9 Å². The fourth-order valence-electron chi connectivity index (χ4n) is 3.79. The Hall–Kier alpha value is -3.52. The van der Waals surface area contributed by atoms with Gasteiger partial charge in [0.2, 0.25) is 0 Å². The minimum absolute atomic E-state index is 0.652. The van der Waals surface area contributed by atoms with E-state index in [-0.39, 0.29) is 0 Å². The third-order valence-electron chi connectivity index (χ3n) is 5.27. The van der Waals surface area contributed by atoms with Crippen molar-refractivity contribution in [3.05, 3.63) is 126 Å². The van der Waals surface area contributed by atoms with E-state index in [0.717, 1.165) is 18.7 Å². The van der Waals surface area contributed by atoms with Gasteiger partial charge in [0.1, 0.15) is 12.4 Å². The molecule has 0 fully saturated rings. The van der Waals surface area contributed by atoms with Crippen LogP contribution in [0.1, 0.15) is 30.0 Å². The lowest BCUT2D eigenvalue weighted by Crippen LogP contribution is -2.06. The highest BCUT2D eigenvalue weighted by atomic mass is 16.5. The lowest BCUT2D eigenvalue weighted by Gasteiger charge is -2.17. The molecule has 0 radical (unpaired) electrons. The molecule has 0 atom stereocenters. The molecule has 0 aliphatic heterocycles. The number of rotatable bonds is 8. The Balaban J connectivity index is 1.63. The molecule has 0 N–H and O–H groups in total. The van der Waals surface area contributed by atoms with E-state index in [4.69, 9.17) is 4.74 Å². The Morgan fingerprint density at radius 2 is 1.23 bits per heavy atom. The zero-order valence-electron chi connectivity index (χ0n) is 17.4. The van der Waals surface area contributed by atoms with Gasteiger partial charge in [-0.25, -0.2) is 0 Å². The van der Waals surface area contributed by atoms with E-state index < -0.39 is 0 Å². The SMILES string of the molecule is CC/C(=C(\c1ccccc1)c1ccc(OCCn2cccc2)cc1)c1ccccc1. The van der Waals surface area contributed by atoms with E-state index in [1.165, 1.54) is 27.8 Å². The summed E-state index contributed by atoms with van der Waals surface area (Å²) in [6, 6.07) is 33.9. The van der Waals surface area contributed by atoms with Crippen molar-refractivity contribution in [1.29, 1.82) is 0 Å². The smallest absolute Gasteiger partial charge is 0.119 e. The Bertz CT molecular complexity index is 1060. The highest BCUT2D eigenvalue weighted by Crippen LogP contribution is 2.34. The van der Waals surface area contributed by atoms with Crippen molar-refractivity contribution in [1.82, 2.24) is 4.57 Å². The molecule has 0 amide bonds. The average molecular weight is 394 g/mol. The summed E-state index contributed by atoms with van der Waals surface area (Å²) in [5.41, 5.74) is 6.34. The molecule has 0 saturated carbocycles. The van der Waals surface area contributed by atoms with Gasteiger partial charge >= 0.3 is 0 Å². The fraction of sp³-hybridized carbons (Fsp3) is 0.143. The normalized spacial score (nSPS) is 11.8. The highest BCUT2D eigenvalue weighted by Gasteiger charge is 2.13. The lowest BCUT2D eigenvalue weighted by atomic mass is 9.88. The predicted molar refractivity (Wildman–Crippen MR) is 125 cm³/mol. The zero-order valence-corrected chi connectivity index (χ0v) is 17.4. The van der Waals surface area contributed by atoms with Crippen LogP contribution in [-0.2, 0) is 6.54 Å². The molecule has 0 spiro atoms. The summed E-state index contributed by atoms with van der Waals surface area (Å²) in [4.78, 5) is 0. The molecule has 0 aliphatic carbocycles. The van der Waals surface area contributed by atoms with Gasteiger partial charge in [0.15, 0.2) is 0 Å². The first-order valence-corrected chi connectivity index (χ1v) is 10.5. The van der Waals surface area contributed by atoms with Gasteiger partial charge in [-0.1, -0.05) is 79.7 Å². The summed E-state index contributed by atoms with van der Waals surface area (Å²) >= 11 is 0. The number of hydrogen-bond donors (Lipinski definition) is 0. The summed E-state index contributed by atoms with van der Waals surface area (Å²) < 4.78 is 8.08. The summed E-state index contributed by atoms with van der Waals surface area (Å²) in [6.45, 7) is 3.72. The van der Waals surface area contributed by atoms with Gasteiger partial charge in [-0.15, -0.1) is 0 Å². The lowest BCUT2D eigenvalue weighted by molar-refractivity contribution is 0.298. The Morgan fingerprint density at radius 3 is 1.83 bits per heavy atom. The highest BCUT2D eigenvalue weighted by molar-refractivity contribution is 5.98. The number of allylic oxidation sites excluding steroid dienone is 1. The molecule has 0 aliphatic rings. The maximum atomic E-state index is 5.95. The molecule has 150 valence electrons. The molecule has 1 heterocycles. The van der Waals surface area contributed by atoms with Crippen LogP contribution >= 0.6 is 0 Å². The number of ether oxygens (including phenoxy) is 1. The molecule has 2 nitrogen and oxygen atoms in total. The largest absolute Gasteiger partial charge is 0.492 e. The first kappa shape index (κ1) is 19.8. The van der Waals surface area contributed by atoms with E-state index in [9.17, 15) is 0 Å². The number of aromatic nitrogens is 1. The predicted octanol–water partition coefficient (Wildman–Crippen LogP) is 6.94. The van der Waals surface area contributed by atoms with Crippen molar-refractivity contribution in [2.24, 2.45) is 0 Å². The standard InChI is InChI=1S/C28H27NO/c1-2-27(23-11-5-3-6-12-23)28(24-13-7-4-8-14-24)25-15-17-26(18-16-25)30-22-21-29-19-9-10-20-29/h3-20H,2,21-22H2,1H3/b28-27-. The van der Waals surface area contributed by atoms with E-state index in [1.807, 2.05) is 12.1 Å². The fourth-order valence-corrected chi connectivity index (χ4v) is 3.79. The van der Waals surface area contributed by atoms with E-state index in [0.29, 0.717) is 6.61 Å². The zero-order chi connectivity index (χ0) is 20.6. The Kier molecular flexibility index (Phi) is 6.46. The summed E-state index contributed by atoms with van der Waals surface area (Å²) in [5, 5.41) is 0. The molecule has 4 aromatic rings. The molecule has 0 bridgehead atoms. The van der Waals surface area contributed by atoms with Crippen molar-refractivity contribution in [3.63, 3.8) is 0 Å². The molecule has 4 rings (SSSR count). The van der Waals surface area contributed by atoms with Crippen molar-refractivity contribution in [2.75, 3.05) is 6.61 Å². The average Bonchev–Trinajstić information content (AvgIpc) is 3.33. The van der Waals surface area contributed by atoms with Crippen molar-refractivity contribution in [3.8, 4) is 5.75 Å². The van der Waals surface area contributed by atoms with Crippen molar-refractivity contribution < 1.29 is 4.74 Å². The van der Waals surface area contributed by atoms with Crippen LogP contribution in [0.25, 0.3) is 11.1 Å². The molecular weight excluding hydrogens is 366 g/mol. The van der Waals surface area contributed by atoms with E-state index in [1.54, 1.807) is 0 Å². The van der Waals surface area contributed by atoms with Gasteiger partial charge in [-0.2, -0.15) is 0 Å². The Morgan fingerprint density at radius 1 is 0.667 bits per heavy atom. The van der Waals surface area contributed by atoms with Gasteiger partial charge < -0.3 is 9.30 Å². The third kappa shape index (κ3) is 4.72. The summed E-state index contributed by atoms with van der Waals surface area (Å²) in [6.07, 6.45) is 5.07. The van der Waals surface area contributed by atoms with Gasteiger partial charge in [-0.3, -0.25) is 0 Å². The first-order valence-electron chi connectivity index (χ1n) is 10.5. The van der Waals surface area contributed by atoms with E-state index in [2.05, 4.69) is 109 Å². The van der Waals surface area contributed by atoms with Gasteiger partial charge in [0.05, 0.1) is 6.54 Å². The van der Waals surface area contributed by atoms with Gasteiger partial charge in [0, 0.05) is 12.4 Å². The number of benzene rings is 3. The van der Waals surface area contributed by atoms with Crippen molar-refractivity contribution >= 4 is 11.1 Å². The minimum atomic E-state index is 0.652. The van der Waals surface area contributed by atoms with Crippen LogP contribution in [-0.4, -0.2) is 11.2 Å². The van der Waals surface area contributed by atoms with Crippen LogP contribution < -0.4 is 4.74 Å². The van der Waals surface area contributed by atoms with Gasteiger partial charge in [-0.05, 0) is 58.5 Å². The molecule has 3 aromatic carbocycles. The first-order chi connectivity index (χ1) is 14.8. The third-order valence-corrected chi connectivity index (χ3v) is 5.27. The topological polar surface area (TPSA) is 14.2 Å². The summed E-state index contributed by atoms with van der Waals surface area (Å²) in [5.74, 6) is 0.899. The Labute approximate surface area is 179 Å². The maximum Gasteiger partial charge on any atom is 0.119 e. The molecule has 1 aromatic heterocycles. The monoisotopic (exact) mass is 393 g/mol. The second-order valence-electron chi connectivity index (χ2n) is 7.23. The maximum absolute atomic E-state index is 5.95. The molecular formula is C28H27NO. The number of nitrogens with zero attached hydrogens (tertiary/aromatic N) is 1. The molecule has 30 heavy (non-hydrogen) atoms.